The summed E-state index contributed by atoms with van der Waals surface area (Å²) in [5.41, 5.74) is 1.51. The molecule has 0 amide bonds. The van der Waals surface area contributed by atoms with Crippen LogP contribution in [-0.4, -0.2) is 54.8 Å². The van der Waals surface area contributed by atoms with Crippen LogP contribution >= 0.6 is 11.6 Å². The Bertz CT molecular complexity index is 1070. The number of nitrogens with one attached hydrogen (secondary N) is 1. The standard InChI is InChI=1S/C21H19ClFN3O4/c1-27-16-6-13-15(24-10-25-21(13)26-12-4-2-11(22)3-5-12)7-17(16)30-18-9-29-19-14(23)8-28-20(18)19/h2-7,10,14,18-20H,8-9H2,1H3,(H,24,25,26)/t14-,18-,19+,20?/m1/s1. The van der Waals surface area contributed by atoms with E-state index in [1.165, 1.54) is 6.33 Å². The van der Waals surface area contributed by atoms with E-state index in [-0.39, 0.29) is 13.2 Å². The Labute approximate surface area is 177 Å². The number of alkyl halides is 1. The molecule has 3 aromatic rings. The number of aromatic nitrogens is 2. The fourth-order valence-corrected chi connectivity index (χ4v) is 3.89. The summed E-state index contributed by atoms with van der Waals surface area (Å²) in [5, 5.41) is 4.68. The summed E-state index contributed by atoms with van der Waals surface area (Å²) < 4.78 is 36.5. The molecule has 0 radical (unpaired) electrons. The van der Waals surface area contributed by atoms with E-state index in [1.54, 1.807) is 25.3 Å². The Kier molecular flexibility index (Phi) is 5.06. The highest BCUT2D eigenvalue weighted by Crippen LogP contribution is 2.38. The summed E-state index contributed by atoms with van der Waals surface area (Å²) in [5.74, 6) is 1.62. The first-order valence-corrected chi connectivity index (χ1v) is 9.89. The van der Waals surface area contributed by atoms with Crippen LogP contribution in [0.5, 0.6) is 11.5 Å². The summed E-state index contributed by atoms with van der Waals surface area (Å²) in [7, 11) is 1.56. The molecule has 2 aliphatic heterocycles. The van der Waals surface area contributed by atoms with Crippen molar-refractivity contribution < 1.29 is 23.3 Å². The Morgan fingerprint density at radius 1 is 1.07 bits per heavy atom. The fourth-order valence-electron chi connectivity index (χ4n) is 3.77. The summed E-state index contributed by atoms with van der Waals surface area (Å²) in [6.07, 6.45) is -1.10. The van der Waals surface area contributed by atoms with Gasteiger partial charge >= 0.3 is 0 Å². The minimum atomic E-state index is -1.13. The van der Waals surface area contributed by atoms with Crippen molar-refractivity contribution >= 4 is 34.0 Å². The number of anilines is 2. The SMILES string of the molecule is COc1cc2c(Nc3ccc(Cl)cc3)ncnc2cc1O[C@@H]1CO[C@@H]2C1OC[C@H]2F. The predicted molar refractivity (Wildman–Crippen MR) is 110 cm³/mol. The van der Waals surface area contributed by atoms with Crippen molar-refractivity contribution in [3.05, 3.63) is 47.7 Å². The molecule has 9 heteroatoms. The monoisotopic (exact) mass is 431 g/mol. The number of hydrogen-bond donors (Lipinski definition) is 1. The minimum absolute atomic E-state index is 0.0248. The number of halogens is 2. The molecule has 0 aliphatic carbocycles. The topological polar surface area (TPSA) is 74.7 Å². The molecule has 7 nitrogen and oxygen atoms in total. The van der Waals surface area contributed by atoms with E-state index in [0.717, 1.165) is 11.1 Å². The first-order chi connectivity index (χ1) is 14.6. The lowest BCUT2D eigenvalue weighted by atomic mass is 10.1. The second-order valence-electron chi connectivity index (χ2n) is 7.14. The zero-order valence-corrected chi connectivity index (χ0v) is 16.8. The van der Waals surface area contributed by atoms with Gasteiger partial charge < -0.3 is 24.3 Å². The molecule has 2 aliphatic rings. The number of methoxy groups -OCH3 is 1. The van der Waals surface area contributed by atoms with Crippen molar-refractivity contribution in [1.82, 2.24) is 9.97 Å². The normalized spacial score (nSPS) is 25.3. The van der Waals surface area contributed by atoms with Crippen molar-refractivity contribution in [2.24, 2.45) is 0 Å². The van der Waals surface area contributed by atoms with Gasteiger partial charge in [-0.1, -0.05) is 11.6 Å². The molecular weight excluding hydrogens is 413 g/mol. The highest BCUT2D eigenvalue weighted by atomic mass is 35.5. The minimum Gasteiger partial charge on any atom is -0.493 e. The van der Waals surface area contributed by atoms with Crippen LogP contribution in [0.1, 0.15) is 0 Å². The van der Waals surface area contributed by atoms with Crippen molar-refractivity contribution in [2.45, 2.75) is 24.5 Å². The summed E-state index contributed by atoms with van der Waals surface area (Å²) >= 11 is 5.96. The Hall–Kier alpha value is -2.68. The zero-order valence-electron chi connectivity index (χ0n) is 16.0. The third-order valence-corrected chi connectivity index (χ3v) is 5.51. The summed E-state index contributed by atoms with van der Waals surface area (Å²) in [6.45, 7) is 0.279. The van der Waals surface area contributed by atoms with Crippen LogP contribution in [0.15, 0.2) is 42.7 Å². The Morgan fingerprint density at radius 3 is 2.67 bits per heavy atom. The van der Waals surface area contributed by atoms with Crippen LogP contribution in [0, 0.1) is 0 Å². The van der Waals surface area contributed by atoms with Crippen molar-refractivity contribution in [2.75, 3.05) is 25.6 Å². The van der Waals surface area contributed by atoms with Crippen molar-refractivity contribution in [1.29, 1.82) is 0 Å². The lowest BCUT2D eigenvalue weighted by Crippen LogP contribution is -2.33. The molecule has 2 aromatic carbocycles. The third-order valence-electron chi connectivity index (χ3n) is 5.25. The molecule has 30 heavy (non-hydrogen) atoms. The van der Waals surface area contributed by atoms with Gasteiger partial charge in [-0.3, -0.25) is 0 Å². The average Bonchev–Trinajstić information content (AvgIpc) is 3.32. The molecule has 0 saturated carbocycles. The largest absolute Gasteiger partial charge is 0.493 e. The van der Waals surface area contributed by atoms with Gasteiger partial charge in [0.05, 0.1) is 25.8 Å². The van der Waals surface area contributed by atoms with Crippen LogP contribution in [0.2, 0.25) is 5.02 Å². The molecule has 1 aromatic heterocycles. The maximum absolute atomic E-state index is 13.8. The van der Waals surface area contributed by atoms with Crippen molar-refractivity contribution in [3.8, 4) is 11.5 Å². The third kappa shape index (κ3) is 3.51. The molecule has 0 spiro atoms. The first kappa shape index (κ1) is 19.3. The van der Waals surface area contributed by atoms with E-state index < -0.39 is 24.5 Å². The fraction of sp³-hybridized carbons (Fsp3) is 0.333. The Balaban J connectivity index is 1.45. The molecular formula is C21H19ClFN3O4. The lowest BCUT2D eigenvalue weighted by Gasteiger charge is -2.20. The highest BCUT2D eigenvalue weighted by molar-refractivity contribution is 6.30. The highest BCUT2D eigenvalue weighted by Gasteiger charge is 2.49. The number of fused-ring (bicyclic) bond motifs is 2. The lowest BCUT2D eigenvalue weighted by molar-refractivity contribution is 0.0271. The smallest absolute Gasteiger partial charge is 0.164 e. The predicted octanol–water partition coefficient (Wildman–Crippen LogP) is 3.92. The van der Waals surface area contributed by atoms with E-state index in [2.05, 4.69) is 15.3 Å². The van der Waals surface area contributed by atoms with E-state index in [9.17, 15) is 4.39 Å². The van der Waals surface area contributed by atoms with Crippen LogP contribution in [0.4, 0.5) is 15.9 Å². The molecule has 5 rings (SSSR count). The van der Waals surface area contributed by atoms with Crippen LogP contribution < -0.4 is 14.8 Å². The van der Waals surface area contributed by atoms with Crippen LogP contribution in [0.25, 0.3) is 10.9 Å². The number of ether oxygens (including phenoxy) is 4. The molecule has 3 heterocycles. The second-order valence-corrected chi connectivity index (χ2v) is 7.58. The van der Waals surface area contributed by atoms with Gasteiger partial charge in [-0.2, -0.15) is 0 Å². The van der Waals surface area contributed by atoms with Crippen molar-refractivity contribution in [3.63, 3.8) is 0 Å². The van der Waals surface area contributed by atoms with Gasteiger partial charge in [0.25, 0.3) is 0 Å². The van der Waals surface area contributed by atoms with Gasteiger partial charge in [0.1, 0.15) is 24.4 Å². The van der Waals surface area contributed by atoms with Gasteiger partial charge in [-0.25, -0.2) is 14.4 Å². The zero-order chi connectivity index (χ0) is 20.7. The quantitative estimate of drug-likeness (QED) is 0.656. The molecule has 156 valence electrons. The molecule has 2 fully saturated rings. The van der Waals surface area contributed by atoms with Gasteiger partial charge in [-0.05, 0) is 30.3 Å². The number of nitrogens with zero attached hydrogens (tertiary/aromatic N) is 2. The second kappa shape index (κ2) is 7.86. The number of rotatable bonds is 5. The van der Waals surface area contributed by atoms with Gasteiger partial charge in [-0.15, -0.1) is 0 Å². The Morgan fingerprint density at radius 2 is 1.87 bits per heavy atom. The number of benzene rings is 2. The van der Waals surface area contributed by atoms with Gasteiger partial charge in [0.2, 0.25) is 0 Å². The average molecular weight is 432 g/mol. The maximum atomic E-state index is 13.8. The van der Waals surface area contributed by atoms with E-state index in [4.69, 9.17) is 30.5 Å². The van der Waals surface area contributed by atoms with Crippen LogP contribution in [0.3, 0.4) is 0 Å². The maximum Gasteiger partial charge on any atom is 0.164 e. The molecule has 1 unspecified atom stereocenters. The van der Waals surface area contributed by atoms with Gasteiger partial charge in [0, 0.05) is 22.2 Å². The number of hydrogen-bond acceptors (Lipinski definition) is 7. The molecule has 2 saturated heterocycles. The van der Waals surface area contributed by atoms with E-state index in [0.29, 0.717) is 27.9 Å². The van der Waals surface area contributed by atoms with Crippen LogP contribution in [-0.2, 0) is 9.47 Å². The first-order valence-electron chi connectivity index (χ1n) is 9.51. The van der Waals surface area contributed by atoms with E-state index >= 15 is 0 Å². The summed E-state index contributed by atoms with van der Waals surface area (Å²) in [6, 6.07) is 10.9. The van der Waals surface area contributed by atoms with E-state index in [1.807, 2.05) is 18.2 Å². The van der Waals surface area contributed by atoms with Gasteiger partial charge in [0.15, 0.2) is 23.8 Å². The molecule has 1 N–H and O–H groups in total. The summed E-state index contributed by atoms with van der Waals surface area (Å²) in [4.78, 5) is 8.71. The molecule has 4 atom stereocenters. The molecule has 0 bridgehead atoms.